The quantitative estimate of drug-likeness (QED) is 0.834. The summed E-state index contributed by atoms with van der Waals surface area (Å²) in [5, 5.41) is 0. The summed E-state index contributed by atoms with van der Waals surface area (Å²) in [7, 11) is 0. The fourth-order valence-electron chi connectivity index (χ4n) is 3.39. The summed E-state index contributed by atoms with van der Waals surface area (Å²) in [4.78, 5) is 30.1. The Labute approximate surface area is 157 Å². The minimum atomic E-state index is -0.469. The number of carbonyl (C=O) groups excluding carboxylic acids is 2. The van der Waals surface area contributed by atoms with Gasteiger partial charge in [-0.05, 0) is 44.0 Å². The summed E-state index contributed by atoms with van der Waals surface area (Å²) < 4.78 is 24.3. The van der Waals surface area contributed by atoms with Gasteiger partial charge in [0.05, 0.1) is 18.7 Å². The molecule has 0 atom stereocenters. The highest BCUT2D eigenvalue weighted by Gasteiger charge is 2.29. The van der Waals surface area contributed by atoms with Crippen molar-refractivity contribution in [2.45, 2.75) is 33.7 Å². The van der Waals surface area contributed by atoms with Crippen LogP contribution in [0.25, 0.3) is 0 Å². The van der Waals surface area contributed by atoms with E-state index in [1.807, 2.05) is 6.92 Å². The van der Waals surface area contributed by atoms with E-state index in [4.69, 9.17) is 9.47 Å². The highest BCUT2D eigenvalue weighted by atomic mass is 19.1. The number of fused-ring (bicyclic) bond motifs is 1. The molecule has 1 aliphatic rings. The first-order valence-electron chi connectivity index (χ1n) is 9.05. The lowest BCUT2D eigenvalue weighted by Crippen LogP contribution is -2.33. The summed E-state index contributed by atoms with van der Waals surface area (Å²) in [5.74, 6) is -0.469. The molecule has 3 rings (SSSR count). The van der Waals surface area contributed by atoms with Gasteiger partial charge in [-0.2, -0.15) is 0 Å². The van der Waals surface area contributed by atoms with Crippen molar-refractivity contribution in [3.8, 4) is 5.75 Å². The van der Waals surface area contributed by atoms with Crippen molar-refractivity contribution in [3.63, 3.8) is 0 Å². The van der Waals surface area contributed by atoms with Gasteiger partial charge in [-0.25, -0.2) is 9.18 Å². The summed E-state index contributed by atoms with van der Waals surface area (Å²) in [5.41, 5.74) is 2.67. The standard InChI is InChI=1S/C20H23FN2O4/c1-4-15-17(12(3)22-18(15)20(25)26-5-2)19(24)23-8-9-27-16-7-6-14(21)10-13(16)11-23/h6-7,10,22H,4-5,8-9,11H2,1-3H3. The molecule has 0 fully saturated rings. The van der Waals surface area contributed by atoms with E-state index in [0.717, 1.165) is 0 Å². The number of rotatable bonds is 4. The predicted molar refractivity (Wildman–Crippen MR) is 97.5 cm³/mol. The molecule has 7 heteroatoms. The minimum absolute atomic E-state index is 0.211. The van der Waals surface area contributed by atoms with Gasteiger partial charge in [0.1, 0.15) is 23.9 Å². The lowest BCUT2D eigenvalue weighted by Gasteiger charge is -2.20. The van der Waals surface area contributed by atoms with Crippen LogP contribution in [0.5, 0.6) is 5.75 Å². The van der Waals surface area contributed by atoms with Crippen LogP contribution in [0, 0.1) is 12.7 Å². The summed E-state index contributed by atoms with van der Waals surface area (Å²) in [6.45, 7) is 6.58. The molecule has 1 aliphatic heterocycles. The third-order valence-corrected chi connectivity index (χ3v) is 4.63. The maximum atomic E-state index is 13.6. The van der Waals surface area contributed by atoms with Gasteiger partial charge in [-0.3, -0.25) is 4.79 Å². The van der Waals surface area contributed by atoms with Crippen LogP contribution in [-0.4, -0.2) is 41.5 Å². The second-order valence-electron chi connectivity index (χ2n) is 6.38. The SMILES string of the molecule is CCOC(=O)c1[nH]c(C)c(C(=O)N2CCOc3ccc(F)cc3C2)c1CC. The van der Waals surface area contributed by atoms with E-state index in [-0.39, 0.29) is 24.9 Å². The first-order chi connectivity index (χ1) is 13.0. The van der Waals surface area contributed by atoms with Crippen molar-refractivity contribution in [2.75, 3.05) is 19.8 Å². The van der Waals surface area contributed by atoms with Gasteiger partial charge in [0.25, 0.3) is 5.91 Å². The van der Waals surface area contributed by atoms with Crippen LogP contribution in [0.3, 0.4) is 0 Å². The van der Waals surface area contributed by atoms with Crippen LogP contribution in [-0.2, 0) is 17.7 Å². The smallest absolute Gasteiger partial charge is 0.355 e. The number of halogens is 1. The number of hydrogen-bond donors (Lipinski definition) is 1. The fourth-order valence-corrected chi connectivity index (χ4v) is 3.39. The van der Waals surface area contributed by atoms with Gasteiger partial charge in [0, 0.05) is 17.8 Å². The topological polar surface area (TPSA) is 71.6 Å². The zero-order valence-corrected chi connectivity index (χ0v) is 15.7. The normalized spacial score (nSPS) is 13.6. The molecule has 144 valence electrons. The Hall–Kier alpha value is -2.83. The van der Waals surface area contributed by atoms with Crippen molar-refractivity contribution in [2.24, 2.45) is 0 Å². The molecule has 2 aromatic rings. The third kappa shape index (κ3) is 3.67. The number of carbonyl (C=O) groups is 2. The van der Waals surface area contributed by atoms with Crippen molar-refractivity contribution < 1.29 is 23.5 Å². The van der Waals surface area contributed by atoms with Gasteiger partial charge in [0.15, 0.2) is 0 Å². The molecule has 0 saturated heterocycles. The lowest BCUT2D eigenvalue weighted by molar-refractivity contribution is 0.0519. The van der Waals surface area contributed by atoms with Crippen molar-refractivity contribution in [1.29, 1.82) is 0 Å². The van der Waals surface area contributed by atoms with E-state index in [1.54, 1.807) is 24.8 Å². The van der Waals surface area contributed by atoms with E-state index in [2.05, 4.69) is 4.98 Å². The highest BCUT2D eigenvalue weighted by Crippen LogP contribution is 2.27. The molecule has 0 bridgehead atoms. The molecule has 27 heavy (non-hydrogen) atoms. The van der Waals surface area contributed by atoms with Crippen LogP contribution in [0.1, 0.15) is 51.5 Å². The molecule has 1 N–H and O–H groups in total. The molecule has 2 heterocycles. The van der Waals surface area contributed by atoms with Crippen LogP contribution < -0.4 is 4.74 Å². The molecule has 6 nitrogen and oxygen atoms in total. The van der Waals surface area contributed by atoms with Gasteiger partial charge >= 0.3 is 5.97 Å². The fraction of sp³-hybridized carbons (Fsp3) is 0.400. The predicted octanol–water partition coefficient (Wildman–Crippen LogP) is 3.24. The Kier molecular flexibility index (Phi) is 5.48. The lowest BCUT2D eigenvalue weighted by atomic mass is 10.0. The van der Waals surface area contributed by atoms with E-state index >= 15 is 0 Å². The first-order valence-corrected chi connectivity index (χ1v) is 9.05. The molecule has 0 unspecified atom stereocenters. The number of aromatic nitrogens is 1. The van der Waals surface area contributed by atoms with Crippen LogP contribution in [0.15, 0.2) is 18.2 Å². The van der Waals surface area contributed by atoms with E-state index < -0.39 is 5.97 Å². The number of ether oxygens (including phenoxy) is 2. The van der Waals surface area contributed by atoms with Crippen LogP contribution >= 0.6 is 0 Å². The van der Waals surface area contributed by atoms with Crippen molar-refractivity contribution in [1.82, 2.24) is 9.88 Å². The molecule has 1 amide bonds. The number of nitrogens with zero attached hydrogens (tertiary/aromatic N) is 1. The number of amides is 1. The average molecular weight is 374 g/mol. The second-order valence-corrected chi connectivity index (χ2v) is 6.38. The zero-order valence-electron chi connectivity index (χ0n) is 15.7. The van der Waals surface area contributed by atoms with E-state index in [9.17, 15) is 14.0 Å². The van der Waals surface area contributed by atoms with E-state index in [0.29, 0.717) is 53.4 Å². The second kappa shape index (κ2) is 7.82. The van der Waals surface area contributed by atoms with Crippen molar-refractivity contribution in [3.05, 3.63) is 52.1 Å². The largest absolute Gasteiger partial charge is 0.491 e. The molecule has 0 radical (unpaired) electrons. The Morgan fingerprint density at radius 3 is 2.81 bits per heavy atom. The summed E-state index contributed by atoms with van der Waals surface area (Å²) in [6.07, 6.45) is 0.509. The molecular weight excluding hydrogens is 351 g/mol. The Bertz CT molecular complexity index is 875. The number of H-pyrrole nitrogens is 1. The number of aryl methyl sites for hydroxylation is 1. The number of benzene rings is 1. The molecule has 0 aliphatic carbocycles. The first kappa shape index (κ1) is 18.9. The number of hydrogen-bond acceptors (Lipinski definition) is 4. The highest BCUT2D eigenvalue weighted by molar-refractivity contribution is 6.01. The Morgan fingerprint density at radius 1 is 1.33 bits per heavy atom. The van der Waals surface area contributed by atoms with Gasteiger partial charge < -0.3 is 19.4 Å². The van der Waals surface area contributed by atoms with E-state index in [1.165, 1.54) is 12.1 Å². The summed E-state index contributed by atoms with van der Waals surface area (Å²) >= 11 is 0. The van der Waals surface area contributed by atoms with Crippen molar-refractivity contribution >= 4 is 11.9 Å². The number of aromatic amines is 1. The molecule has 1 aromatic heterocycles. The average Bonchev–Trinajstić information content (AvgIpc) is 2.83. The molecule has 0 spiro atoms. The van der Waals surface area contributed by atoms with Gasteiger partial charge in [0.2, 0.25) is 0 Å². The monoisotopic (exact) mass is 374 g/mol. The summed E-state index contributed by atoms with van der Waals surface area (Å²) in [6, 6.07) is 4.31. The maximum Gasteiger partial charge on any atom is 0.355 e. The van der Waals surface area contributed by atoms with Gasteiger partial charge in [-0.1, -0.05) is 6.92 Å². The minimum Gasteiger partial charge on any atom is -0.491 e. The molecular formula is C20H23FN2O4. The third-order valence-electron chi connectivity index (χ3n) is 4.63. The maximum absolute atomic E-state index is 13.6. The van der Waals surface area contributed by atoms with Gasteiger partial charge in [-0.15, -0.1) is 0 Å². The van der Waals surface area contributed by atoms with Crippen LogP contribution in [0.2, 0.25) is 0 Å². The Morgan fingerprint density at radius 2 is 2.11 bits per heavy atom. The molecule has 0 saturated carbocycles. The molecule has 1 aromatic carbocycles. The number of nitrogens with one attached hydrogen (secondary N) is 1. The number of esters is 1. The zero-order chi connectivity index (χ0) is 19.6. The van der Waals surface area contributed by atoms with Crippen LogP contribution in [0.4, 0.5) is 4.39 Å². The Balaban J connectivity index is 1.95.